The first-order chi connectivity index (χ1) is 10.8. The molecule has 2 aromatic rings. The molecular weight excluding hydrogens is 335 g/mol. The van der Waals surface area contributed by atoms with E-state index in [-0.39, 0.29) is 23.0 Å². The SMILES string of the molecule is Cc1cc(C)c(C(=O)COC(=O)c2ccc(Cl)cc2Cl)cc1C. The molecular formula is C18H16Cl2O3. The van der Waals surface area contributed by atoms with Crippen molar-refractivity contribution in [2.75, 3.05) is 6.61 Å². The maximum absolute atomic E-state index is 12.3. The quantitative estimate of drug-likeness (QED) is 0.578. The zero-order valence-electron chi connectivity index (χ0n) is 13.1. The normalized spacial score (nSPS) is 10.5. The van der Waals surface area contributed by atoms with Gasteiger partial charge in [-0.05, 0) is 61.7 Å². The van der Waals surface area contributed by atoms with E-state index >= 15 is 0 Å². The summed E-state index contributed by atoms with van der Waals surface area (Å²) in [5, 5.41) is 0.616. The van der Waals surface area contributed by atoms with E-state index in [2.05, 4.69) is 0 Å². The molecule has 0 saturated carbocycles. The highest BCUT2D eigenvalue weighted by molar-refractivity contribution is 6.36. The largest absolute Gasteiger partial charge is 0.454 e. The lowest BCUT2D eigenvalue weighted by Crippen LogP contribution is -2.15. The third-order valence-electron chi connectivity index (χ3n) is 3.63. The van der Waals surface area contributed by atoms with Crippen molar-refractivity contribution in [1.82, 2.24) is 0 Å². The molecule has 0 heterocycles. The molecule has 0 amide bonds. The number of ketones is 1. The molecule has 0 N–H and O–H groups in total. The number of hydrogen-bond donors (Lipinski definition) is 0. The fraction of sp³-hybridized carbons (Fsp3) is 0.222. The highest BCUT2D eigenvalue weighted by Gasteiger charge is 2.16. The molecule has 0 saturated heterocycles. The molecule has 0 aliphatic carbocycles. The summed E-state index contributed by atoms with van der Waals surface area (Å²) in [5.74, 6) is -0.898. The van der Waals surface area contributed by atoms with Crippen LogP contribution >= 0.6 is 23.2 Å². The molecule has 2 aromatic carbocycles. The first kappa shape index (κ1) is 17.5. The second-order valence-corrected chi connectivity index (χ2v) is 6.22. The van der Waals surface area contributed by atoms with E-state index in [9.17, 15) is 9.59 Å². The van der Waals surface area contributed by atoms with E-state index < -0.39 is 5.97 Å². The van der Waals surface area contributed by atoms with Gasteiger partial charge in [-0.3, -0.25) is 4.79 Å². The lowest BCUT2D eigenvalue weighted by Gasteiger charge is -2.10. The van der Waals surface area contributed by atoms with Crippen molar-refractivity contribution >= 4 is 35.0 Å². The van der Waals surface area contributed by atoms with Crippen molar-refractivity contribution < 1.29 is 14.3 Å². The summed E-state index contributed by atoms with van der Waals surface area (Å²) in [6.45, 7) is 5.45. The van der Waals surface area contributed by atoms with Gasteiger partial charge in [-0.2, -0.15) is 0 Å². The highest BCUT2D eigenvalue weighted by atomic mass is 35.5. The summed E-state index contributed by atoms with van der Waals surface area (Å²) >= 11 is 11.7. The van der Waals surface area contributed by atoms with Crippen LogP contribution in [-0.4, -0.2) is 18.4 Å². The van der Waals surface area contributed by atoms with E-state index in [4.69, 9.17) is 27.9 Å². The van der Waals surface area contributed by atoms with Gasteiger partial charge < -0.3 is 4.74 Å². The van der Waals surface area contributed by atoms with Gasteiger partial charge in [0.05, 0.1) is 10.6 Å². The lowest BCUT2D eigenvalue weighted by atomic mass is 9.98. The lowest BCUT2D eigenvalue weighted by molar-refractivity contribution is 0.0474. The number of rotatable bonds is 4. The molecule has 5 heteroatoms. The zero-order chi connectivity index (χ0) is 17.1. The summed E-state index contributed by atoms with van der Waals surface area (Å²) < 4.78 is 5.07. The Morgan fingerprint density at radius 2 is 1.57 bits per heavy atom. The van der Waals surface area contributed by atoms with Crippen LogP contribution in [0.2, 0.25) is 10.0 Å². The summed E-state index contributed by atoms with van der Waals surface area (Å²) in [4.78, 5) is 24.3. The molecule has 0 unspecified atom stereocenters. The minimum atomic E-state index is -0.651. The van der Waals surface area contributed by atoms with Gasteiger partial charge in [0.2, 0.25) is 5.78 Å². The van der Waals surface area contributed by atoms with Gasteiger partial charge in [0.1, 0.15) is 0 Å². The Morgan fingerprint density at radius 1 is 0.913 bits per heavy atom. The first-order valence-corrected chi connectivity index (χ1v) is 7.78. The number of carbonyl (C=O) groups excluding carboxylic acids is 2. The Kier molecular flexibility index (Phi) is 5.45. The van der Waals surface area contributed by atoms with Gasteiger partial charge in [-0.1, -0.05) is 29.3 Å². The van der Waals surface area contributed by atoms with Crippen LogP contribution in [0.15, 0.2) is 30.3 Å². The van der Waals surface area contributed by atoms with Gasteiger partial charge in [0.15, 0.2) is 6.61 Å². The molecule has 0 spiro atoms. The second kappa shape index (κ2) is 7.16. The number of benzene rings is 2. The maximum Gasteiger partial charge on any atom is 0.340 e. The van der Waals surface area contributed by atoms with Crippen LogP contribution < -0.4 is 0 Å². The standard InChI is InChI=1S/C18H16Cl2O3/c1-10-6-12(3)15(7-11(10)2)17(21)9-23-18(22)14-5-4-13(19)8-16(14)20/h4-8H,9H2,1-3H3. The number of ether oxygens (including phenoxy) is 1. The summed E-state index contributed by atoms with van der Waals surface area (Å²) in [6.07, 6.45) is 0. The fourth-order valence-corrected chi connectivity index (χ4v) is 2.69. The van der Waals surface area contributed by atoms with Gasteiger partial charge >= 0.3 is 5.97 Å². The Hall–Kier alpha value is -1.84. The van der Waals surface area contributed by atoms with Crippen molar-refractivity contribution in [2.45, 2.75) is 20.8 Å². The topological polar surface area (TPSA) is 43.4 Å². The van der Waals surface area contributed by atoms with E-state index in [1.807, 2.05) is 32.9 Å². The van der Waals surface area contributed by atoms with Crippen LogP contribution in [0.4, 0.5) is 0 Å². The van der Waals surface area contributed by atoms with Crippen molar-refractivity contribution in [2.24, 2.45) is 0 Å². The second-order valence-electron chi connectivity index (χ2n) is 5.37. The predicted molar refractivity (Wildman–Crippen MR) is 91.7 cm³/mol. The van der Waals surface area contributed by atoms with E-state index in [1.165, 1.54) is 12.1 Å². The monoisotopic (exact) mass is 350 g/mol. The number of carbonyl (C=O) groups is 2. The minimum Gasteiger partial charge on any atom is -0.454 e. The van der Waals surface area contributed by atoms with Gasteiger partial charge in [-0.15, -0.1) is 0 Å². The maximum atomic E-state index is 12.3. The Bertz CT molecular complexity index is 782. The predicted octanol–water partition coefficient (Wildman–Crippen LogP) is 4.96. The van der Waals surface area contributed by atoms with Crippen molar-refractivity contribution in [1.29, 1.82) is 0 Å². The van der Waals surface area contributed by atoms with E-state index in [1.54, 1.807) is 6.07 Å². The third kappa shape index (κ3) is 4.12. The number of halogens is 2. The average molecular weight is 351 g/mol. The average Bonchev–Trinajstić information content (AvgIpc) is 2.48. The Labute approximate surface area is 145 Å². The number of Topliss-reactive ketones (excluding diaryl/α,β-unsaturated/α-hetero) is 1. The van der Waals surface area contributed by atoms with Crippen molar-refractivity contribution in [3.8, 4) is 0 Å². The van der Waals surface area contributed by atoms with Crippen molar-refractivity contribution in [3.05, 3.63) is 68.2 Å². The molecule has 23 heavy (non-hydrogen) atoms. The van der Waals surface area contributed by atoms with Crippen LogP contribution in [0.25, 0.3) is 0 Å². The third-order valence-corrected chi connectivity index (χ3v) is 4.17. The van der Waals surface area contributed by atoms with Gasteiger partial charge in [-0.25, -0.2) is 4.79 Å². The molecule has 0 aromatic heterocycles. The molecule has 120 valence electrons. The summed E-state index contributed by atoms with van der Waals surface area (Å²) in [7, 11) is 0. The van der Waals surface area contributed by atoms with Crippen LogP contribution in [0.3, 0.4) is 0 Å². The zero-order valence-corrected chi connectivity index (χ0v) is 14.6. The highest BCUT2D eigenvalue weighted by Crippen LogP contribution is 2.22. The fourth-order valence-electron chi connectivity index (χ4n) is 2.20. The van der Waals surface area contributed by atoms with E-state index in [0.29, 0.717) is 10.6 Å². The van der Waals surface area contributed by atoms with Crippen LogP contribution in [0.5, 0.6) is 0 Å². The summed E-state index contributed by atoms with van der Waals surface area (Å²) in [6, 6.07) is 8.23. The number of aryl methyl sites for hydroxylation is 3. The molecule has 3 nitrogen and oxygen atoms in total. The Morgan fingerprint density at radius 3 is 2.22 bits per heavy atom. The first-order valence-electron chi connectivity index (χ1n) is 7.03. The van der Waals surface area contributed by atoms with Crippen LogP contribution in [-0.2, 0) is 4.74 Å². The molecule has 0 aliphatic heterocycles. The van der Waals surface area contributed by atoms with Crippen LogP contribution in [0.1, 0.15) is 37.4 Å². The van der Waals surface area contributed by atoms with Crippen molar-refractivity contribution in [3.63, 3.8) is 0 Å². The smallest absolute Gasteiger partial charge is 0.340 e. The van der Waals surface area contributed by atoms with E-state index in [0.717, 1.165) is 16.7 Å². The van der Waals surface area contributed by atoms with Gasteiger partial charge in [0, 0.05) is 10.6 Å². The number of hydrogen-bond acceptors (Lipinski definition) is 3. The number of esters is 1. The molecule has 0 radical (unpaired) electrons. The summed E-state index contributed by atoms with van der Waals surface area (Å²) in [5.41, 5.74) is 3.73. The molecule has 0 aliphatic rings. The molecule has 0 fully saturated rings. The minimum absolute atomic E-state index is 0.181. The van der Waals surface area contributed by atoms with Gasteiger partial charge in [0.25, 0.3) is 0 Å². The molecule has 0 bridgehead atoms. The Balaban J connectivity index is 2.10. The molecule has 2 rings (SSSR count). The van der Waals surface area contributed by atoms with Crippen LogP contribution in [0, 0.1) is 20.8 Å². The molecule has 0 atom stereocenters.